The maximum absolute atomic E-state index is 10.0. The lowest BCUT2D eigenvalue weighted by molar-refractivity contribution is -0.0881. The molecular weight excluding hydrogens is 1420 g/mol. The third-order valence-corrected chi connectivity index (χ3v) is 34.2. The number of aliphatic hydroxyl groups excluding tert-OH is 18. The summed E-state index contributed by atoms with van der Waals surface area (Å²) < 4.78 is 0. The molecule has 18 aliphatic rings. The predicted molar refractivity (Wildman–Crippen MR) is 424 cm³/mol. The molecule has 0 aromatic rings. The molecule has 18 bridgehead atoms. The van der Waals surface area contributed by atoms with Crippen LogP contribution in [0.15, 0.2) is 0 Å². The molecule has 21 N–H and O–H groups in total. The van der Waals surface area contributed by atoms with E-state index in [0.29, 0.717) is 88.8 Å². The molecule has 0 aromatic carbocycles. The normalized spacial score (nSPS) is 52.7. The maximum atomic E-state index is 10.0. The summed E-state index contributed by atoms with van der Waals surface area (Å²) >= 11 is 0. The Kier molecular flexibility index (Phi) is 33.1. The van der Waals surface area contributed by atoms with E-state index in [1.807, 2.05) is 6.92 Å². The highest BCUT2D eigenvalue weighted by molar-refractivity contribution is 5.12. The van der Waals surface area contributed by atoms with Gasteiger partial charge in [-0.1, -0.05) is 152 Å². The number of hydrogen-bond donors (Lipinski definition) is 21. The zero-order valence-electron chi connectivity index (χ0n) is 69.6. The third kappa shape index (κ3) is 19.0. The van der Waals surface area contributed by atoms with Crippen molar-refractivity contribution in [3.8, 4) is 0 Å². The first-order valence-electron chi connectivity index (χ1n) is 46.1. The number of aliphatic hydroxyl groups is 21. The fraction of sp³-hybridized carbons (Fsp3) is 1.00. The van der Waals surface area contributed by atoms with Gasteiger partial charge in [-0.25, -0.2) is 0 Å². The number of hydrogen-bond acceptors (Lipinski definition) is 21. The molecule has 0 aliphatic heterocycles. The van der Waals surface area contributed by atoms with Crippen molar-refractivity contribution >= 4 is 0 Å². The molecule has 0 spiro atoms. The van der Waals surface area contributed by atoms with Crippen LogP contribution in [-0.4, -0.2) is 234 Å². The average Bonchev–Trinajstić information content (AvgIpc) is 1.61. The Morgan fingerprint density at radius 2 is 0.495 bits per heavy atom. The summed E-state index contributed by atoms with van der Waals surface area (Å²) in [5.74, 6) is 8.26. The van der Waals surface area contributed by atoms with Crippen molar-refractivity contribution in [3.05, 3.63) is 0 Å². The smallest absolute Gasteiger partial charge is 0.0911 e. The standard InChI is InChI=1S/C11H20O3.2C11H20O2.C10H18O3.2C10H18O2.C9H16O3.2C9H16O2/c1-2-3-4-6-7-5-8(9(6)12)11(14)10(7)13;1-2-3-4-7-5-8-6-9(7)11(13)10(8)12;1-2-3-4-9-8-5-6-11(13,7-8)10(9)12;1-2-3-5-6-4-7(8(5)11)10(13)9(6)12;1-2-3-6-4-7-5-8(6)10(12)9(7)11;1-2-3-8-7-4-5-10(12,6-7)9(8)11;1-2-4-5-3-6(7(4)10)9(12)8(5)11;1-2-5-3-6-4-7(5)9(11)8(6)10;1-2-7-6-3-4-9(11,5-6)8(7)10/h6-14H,2-5H2,1H3;7-13H,2-6H2,1H3;8-10,12-13H,2-7H2,1H3;5-13H,2-4H2,1H3;6-12H,2-5H2,1H3;7-9,11-12H,2-6H2,1H3;4-12H,2-3H2,1H3;5-11H,2-4H2,1H3;6-8,10-11H,2-5H2,1H3. The van der Waals surface area contributed by atoms with E-state index >= 15 is 0 Å². The minimum absolute atomic E-state index is 0.0724. The van der Waals surface area contributed by atoms with E-state index in [9.17, 15) is 107 Å². The summed E-state index contributed by atoms with van der Waals surface area (Å²) in [7, 11) is 0. The quantitative estimate of drug-likeness (QED) is 0.0621. The van der Waals surface area contributed by atoms with Gasteiger partial charge >= 0.3 is 0 Å². The molecule has 111 heavy (non-hydrogen) atoms. The molecule has 648 valence electrons. The third-order valence-electron chi connectivity index (χ3n) is 34.2. The largest absolute Gasteiger partial charge is 0.392 e. The fourth-order valence-corrected chi connectivity index (χ4v) is 27.9. The van der Waals surface area contributed by atoms with Gasteiger partial charge in [0, 0.05) is 17.8 Å². The van der Waals surface area contributed by atoms with Crippen molar-refractivity contribution in [2.45, 2.75) is 420 Å². The molecule has 21 heteroatoms. The maximum Gasteiger partial charge on any atom is 0.0911 e. The molecule has 0 heterocycles. The van der Waals surface area contributed by atoms with Crippen LogP contribution >= 0.6 is 0 Å². The Morgan fingerprint density at radius 3 is 0.802 bits per heavy atom. The van der Waals surface area contributed by atoms with Gasteiger partial charge in [-0.05, 0) is 266 Å². The predicted octanol–water partition coefficient (Wildman–Crippen LogP) is 7.82. The van der Waals surface area contributed by atoms with Gasteiger partial charge < -0.3 is 107 Å². The van der Waals surface area contributed by atoms with E-state index in [4.69, 9.17) is 0 Å². The summed E-state index contributed by atoms with van der Waals surface area (Å²) in [6.07, 6.45) is 28.7. The van der Waals surface area contributed by atoms with Crippen LogP contribution in [-0.2, 0) is 0 Å². The molecule has 18 saturated carbocycles. The molecule has 45 atom stereocenters. The molecule has 0 amide bonds. The van der Waals surface area contributed by atoms with Gasteiger partial charge in [-0.2, -0.15) is 0 Å². The lowest BCUT2D eigenvalue weighted by Gasteiger charge is -2.33. The first kappa shape index (κ1) is 92.4. The summed E-state index contributed by atoms with van der Waals surface area (Å²) in [6, 6.07) is 0. The first-order chi connectivity index (χ1) is 52.7. The summed E-state index contributed by atoms with van der Waals surface area (Å²) in [4.78, 5) is 0. The Hall–Kier alpha value is -0.840. The van der Waals surface area contributed by atoms with Gasteiger partial charge in [-0.3, -0.25) is 0 Å². The van der Waals surface area contributed by atoms with Crippen molar-refractivity contribution in [3.63, 3.8) is 0 Å². The second kappa shape index (κ2) is 39.8. The van der Waals surface area contributed by atoms with Gasteiger partial charge in [0.25, 0.3) is 0 Å². The van der Waals surface area contributed by atoms with Crippen LogP contribution in [0.25, 0.3) is 0 Å². The van der Waals surface area contributed by atoms with Gasteiger partial charge in [0.2, 0.25) is 0 Å². The summed E-state index contributed by atoms with van der Waals surface area (Å²) in [5, 5.41) is 204. The fourth-order valence-electron chi connectivity index (χ4n) is 27.9. The lowest BCUT2D eigenvalue weighted by atomic mass is 9.80. The van der Waals surface area contributed by atoms with Gasteiger partial charge in [0.05, 0.1) is 127 Å². The highest BCUT2D eigenvalue weighted by atomic mass is 16.4. The van der Waals surface area contributed by atoms with Crippen LogP contribution in [0.1, 0.15) is 293 Å². The van der Waals surface area contributed by atoms with Crippen molar-refractivity contribution in [2.75, 3.05) is 0 Å². The SMILES string of the molecule is CCC1C(O)C2CC1C(O)C2O.CCC1C2CCC(O)(C2)C1O.CCC1CC2CC1C(O)C2O.CCCC1C(O)C2CC1C(O)C2O.CCCC1C2CCC(O)(C2)C1O.CCCC1CC2CC1C(O)C2O.CCCCC1C(O)C2CC1C(O)C2O.CCCCC1C2CCC(O)(C2)C1O.CCCCC1CC2CC1C(O)C2O. The molecule has 18 aliphatic carbocycles. The zero-order valence-corrected chi connectivity index (χ0v) is 69.6. The molecule has 18 rings (SSSR count). The molecule has 21 nitrogen and oxygen atoms in total. The minimum Gasteiger partial charge on any atom is -0.392 e. The lowest BCUT2D eigenvalue weighted by Crippen LogP contribution is -2.44. The monoisotopic (exact) mass is 1580 g/mol. The van der Waals surface area contributed by atoms with Crippen LogP contribution in [0.4, 0.5) is 0 Å². The number of fused-ring (bicyclic) bond motifs is 18. The van der Waals surface area contributed by atoms with Crippen LogP contribution in [0.5, 0.6) is 0 Å². The molecular formula is C90H162O21. The topological polar surface area (TPSA) is 425 Å². The zero-order chi connectivity index (χ0) is 81.2. The van der Waals surface area contributed by atoms with Crippen molar-refractivity contribution in [2.24, 2.45) is 142 Å². The molecule has 0 radical (unpaired) electrons. The Labute approximate surface area is 666 Å². The molecule has 0 saturated heterocycles. The van der Waals surface area contributed by atoms with E-state index in [0.717, 1.165) is 186 Å². The summed E-state index contributed by atoms with van der Waals surface area (Å²) in [5.41, 5.74) is -2.11. The van der Waals surface area contributed by atoms with Gasteiger partial charge in [0.15, 0.2) is 0 Å². The summed E-state index contributed by atoms with van der Waals surface area (Å²) in [6.45, 7) is 19.2. The van der Waals surface area contributed by atoms with E-state index in [2.05, 4.69) is 55.4 Å². The van der Waals surface area contributed by atoms with Crippen LogP contribution in [0.3, 0.4) is 0 Å². The highest BCUT2D eigenvalue weighted by Gasteiger charge is 2.62. The number of unbranched alkanes of at least 4 members (excludes halogenated alkanes) is 3. The van der Waals surface area contributed by atoms with Gasteiger partial charge in [0.1, 0.15) is 0 Å². The highest BCUT2D eigenvalue weighted by Crippen LogP contribution is 2.59. The average molecular weight is 1580 g/mol. The molecule has 45 unspecified atom stereocenters. The van der Waals surface area contributed by atoms with Crippen LogP contribution in [0.2, 0.25) is 0 Å². The second-order valence-electron chi connectivity index (χ2n) is 40.2. The number of rotatable bonds is 18. The first-order valence-corrected chi connectivity index (χ1v) is 46.1. The van der Waals surface area contributed by atoms with E-state index in [1.165, 1.54) is 44.9 Å². The van der Waals surface area contributed by atoms with E-state index in [1.54, 1.807) is 0 Å². The van der Waals surface area contributed by atoms with E-state index < -0.39 is 114 Å². The second-order valence-corrected chi connectivity index (χ2v) is 40.2. The molecule has 18 fully saturated rings. The Balaban J connectivity index is 0.000000133. The van der Waals surface area contributed by atoms with Crippen LogP contribution in [0, 0.1) is 142 Å². The van der Waals surface area contributed by atoms with Crippen molar-refractivity contribution in [1.82, 2.24) is 0 Å². The Morgan fingerprint density at radius 1 is 0.216 bits per heavy atom. The van der Waals surface area contributed by atoms with Crippen molar-refractivity contribution in [1.29, 1.82) is 0 Å². The van der Waals surface area contributed by atoms with Crippen molar-refractivity contribution < 1.29 is 107 Å². The van der Waals surface area contributed by atoms with E-state index in [-0.39, 0.29) is 65.5 Å². The Bertz CT molecular complexity index is 2750. The minimum atomic E-state index is -0.705. The molecule has 0 aromatic heterocycles. The van der Waals surface area contributed by atoms with Crippen LogP contribution < -0.4 is 0 Å². The van der Waals surface area contributed by atoms with Gasteiger partial charge in [-0.15, -0.1) is 0 Å².